The highest BCUT2D eigenvalue weighted by Gasteiger charge is 2.09. The van der Waals surface area contributed by atoms with E-state index >= 15 is 0 Å². The van der Waals surface area contributed by atoms with Gasteiger partial charge in [0.25, 0.3) is 0 Å². The average molecular weight is 273 g/mol. The zero-order valence-electron chi connectivity index (χ0n) is 11.2. The molecule has 0 saturated heterocycles. The van der Waals surface area contributed by atoms with E-state index in [-0.39, 0.29) is 0 Å². The Morgan fingerprint density at radius 3 is 2.39 bits per heavy atom. The number of methoxy groups -OCH3 is 1. The Morgan fingerprint density at radius 2 is 1.83 bits per heavy atom. The van der Waals surface area contributed by atoms with E-state index < -0.39 is 0 Å². The van der Waals surface area contributed by atoms with Crippen molar-refractivity contribution in [2.45, 2.75) is 13.8 Å². The van der Waals surface area contributed by atoms with Gasteiger partial charge in [0, 0.05) is 23.7 Å². The minimum atomic E-state index is 0.487. The fraction of sp³-hybridized carbons (Fsp3) is 0.538. The monoisotopic (exact) mass is 272 g/mol. The van der Waals surface area contributed by atoms with Crippen molar-refractivity contribution < 1.29 is 9.47 Å². The predicted molar refractivity (Wildman–Crippen MR) is 75.7 cm³/mol. The largest absolute Gasteiger partial charge is 0.494 e. The summed E-state index contributed by atoms with van der Waals surface area (Å²) in [6.45, 7) is 7.71. The third kappa shape index (κ3) is 3.96. The van der Waals surface area contributed by atoms with Crippen LogP contribution in [0.1, 0.15) is 13.8 Å². The Morgan fingerprint density at radius 1 is 1.22 bits per heavy atom. The lowest BCUT2D eigenvalue weighted by Crippen LogP contribution is -2.28. The quantitative estimate of drug-likeness (QED) is 0.775. The van der Waals surface area contributed by atoms with E-state index in [1.807, 2.05) is 0 Å². The fourth-order valence-corrected chi connectivity index (χ4v) is 1.88. The zero-order chi connectivity index (χ0) is 13.5. The van der Waals surface area contributed by atoms with Crippen LogP contribution in [0.2, 0.25) is 5.02 Å². The maximum Gasteiger partial charge on any atom is 0.147 e. The minimum Gasteiger partial charge on any atom is -0.494 e. The van der Waals surface area contributed by atoms with Crippen LogP contribution in [0.3, 0.4) is 0 Å². The van der Waals surface area contributed by atoms with Crippen molar-refractivity contribution in [1.82, 2.24) is 4.90 Å². The van der Waals surface area contributed by atoms with Gasteiger partial charge in [0.15, 0.2) is 0 Å². The van der Waals surface area contributed by atoms with Gasteiger partial charge in [-0.15, -0.1) is 0 Å². The number of hydrogen-bond donors (Lipinski definition) is 1. The summed E-state index contributed by atoms with van der Waals surface area (Å²) in [5, 5.41) is 0.555. The van der Waals surface area contributed by atoms with Gasteiger partial charge in [-0.1, -0.05) is 25.4 Å². The first-order valence-corrected chi connectivity index (χ1v) is 6.48. The summed E-state index contributed by atoms with van der Waals surface area (Å²) < 4.78 is 10.8. The standard InChI is InChI=1S/C13H21ClN2O2/c1-4-16(5-2)6-7-18-12-9-10(14)8-11(17-3)13(12)15/h8-9H,4-7,15H2,1-3H3. The topological polar surface area (TPSA) is 47.7 Å². The molecule has 1 aromatic carbocycles. The van der Waals surface area contributed by atoms with E-state index in [2.05, 4.69) is 18.7 Å². The highest BCUT2D eigenvalue weighted by molar-refractivity contribution is 6.31. The van der Waals surface area contributed by atoms with Gasteiger partial charge in [-0.3, -0.25) is 0 Å². The molecule has 0 unspecified atom stereocenters. The summed E-state index contributed by atoms with van der Waals surface area (Å²) in [6.07, 6.45) is 0. The van der Waals surface area contributed by atoms with E-state index in [1.54, 1.807) is 19.2 Å². The van der Waals surface area contributed by atoms with Gasteiger partial charge in [-0.05, 0) is 13.1 Å². The van der Waals surface area contributed by atoms with E-state index in [4.69, 9.17) is 26.8 Å². The number of anilines is 1. The van der Waals surface area contributed by atoms with Gasteiger partial charge in [0.05, 0.1) is 7.11 Å². The van der Waals surface area contributed by atoms with Crippen molar-refractivity contribution >= 4 is 17.3 Å². The second-order valence-electron chi connectivity index (χ2n) is 3.90. The Bertz CT molecular complexity index is 381. The molecule has 0 amide bonds. The van der Waals surface area contributed by atoms with E-state index in [1.165, 1.54) is 0 Å². The van der Waals surface area contributed by atoms with Gasteiger partial charge < -0.3 is 20.1 Å². The Hall–Kier alpha value is -1.13. The zero-order valence-corrected chi connectivity index (χ0v) is 12.0. The number of nitrogens with zero attached hydrogens (tertiary/aromatic N) is 1. The van der Waals surface area contributed by atoms with Crippen molar-refractivity contribution in [3.05, 3.63) is 17.2 Å². The van der Waals surface area contributed by atoms with Crippen LogP contribution in [0, 0.1) is 0 Å². The average Bonchev–Trinajstić information content (AvgIpc) is 2.38. The summed E-state index contributed by atoms with van der Waals surface area (Å²) in [5.41, 5.74) is 6.41. The lowest BCUT2D eigenvalue weighted by Gasteiger charge is -2.19. The molecule has 1 rings (SSSR count). The number of rotatable bonds is 7. The Kier molecular flexibility index (Phi) is 6.09. The molecule has 4 nitrogen and oxygen atoms in total. The molecule has 0 aromatic heterocycles. The molecular formula is C13H21ClN2O2. The highest BCUT2D eigenvalue weighted by Crippen LogP contribution is 2.35. The van der Waals surface area contributed by atoms with Crippen LogP contribution >= 0.6 is 11.6 Å². The molecule has 0 radical (unpaired) electrons. The molecule has 0 heterocycles. The number of benzene rings is 1. The molecule has 2 N–H and O–H groups in total. The van der Waals surface area contributed by atoms with Crippen LogP contribution in [0.4, 0.5) is 5.69 Å². The molecule has 0 fully saturated rings. The number of nitrogen functional groups attached to an aromatic ring is 1. The first-order valence-electron chi connectivity index (χ1n) is 6.10. The first-order chi connectivity index (χ1) is 8.62. The maximum atomic E-state index is 5.97. The molecular weight excluding hydrogens is 252 g/mol. The highest BCUT2D eigenvalue weighted by atomic mass is 35.5. The lowest BCUT2D eigenvalue weighted by molar-refractivity contribution is 0.223. The number of hydrogen-bond acceptors (Lipinski definition) is 4. The van der Waals surface area contributed by atoms with E-state index in [0.717, 1.165) is 19.6 Å². The molecule has 1 aromatic rings. The molecule has 0 spiro atoms. The summed E-state index contributed by atoms with van der Waals surface area (Å²) in [7, 11) is 1.56. The van der Waals surface area contributed by atoms with E-state index in [9.17, 15) is 0 Å². The van der Waals surface area contributed by atoms with Gasteiger partial charge in [0.2, 0.25) is 0 Å². The van der Waals surface area contributed by atoms with Crippen molar-refractivity contribution in [2.24, 2.45) is 0 Å². The summed E-state index contributed by atoms with van der Waals surface area (Å²) >= 11 is 5.97. The van der Waals surface area contributed by atoms with Gasteiger partial charge in [-0.2, -0.15) is 0 Å². The molecule has 0 aliphatic carbocycles. The van der Waals surface area contributed by atoms with Crippen molar-refractivity contribution in [3.63, 3.8) is 0 Å². The van der Waals surface area contributed by atoms with Crippen LogP contribution in [-0.2, 0) is 0 Å². The summed E-state index contributed by atoms with van der Waals surface area (Å²) in [4.78, 5) is 2.28. The maximum absolute atomic E-state index is 5.97. The van der Waals surface area contributed by atoms with Crippen LogP contribution < -0.4 is 15.2 Å². The molecule has 18 heavy (non-hydrogen) atoms. The third-order valence-corrected chi connectivity index (χ3v) is 3.07. The lowest BCUT2D eigenvalue weighted by atomic mass is 10.2. The number of ether oxygens (including phenoxy) is 2. The van der Waals surface area contributed by atoms with Crippen LogP contribution in [0.5, 0.6) is 11.5 Å². The molecule has 0 atom stereocenters. The number of likely N-dealkylation sites (N-methyl/N-ethyl adjacent to an activating group) is 1. The third-order valence-electron chi connectivity index (χ3n) is 2.85. The van der Waals surface area contributed by atoms with Crippen molar-refractivity contribution in [3.8, 4) is 11.5 Å². The number of halogens is 1. The molecule has 5 heteroatoms. The summed E-state index contributed by atoms with van der Waals surface area (Å²) in [6, 6.07) is 3.38. The van der Waals surface area contributed by atoms with Crippen molar-refractivity contribution in [1.29, 1.82) is 0 Å². The fourth-order valence-electron chi connectivity index (χ4n) is 1.68. The Balaban J connectivity index is 2.64. The molecule has 102 valence electrons. The minimum absolute atomic E-state index is 0.487. The molecule has 0 aliphatic rings. The molecule has 0 saturated carbocycles. The second kappa shape index (κ2) is 7.34. The first kappa shape index (κ1) is 14.9. The SMILES string of the molecule is CCN(CC)CCOc1cc(Cl)cc(OC)c1N. The smallest absolute Gasteiger partial charge is 0.147 e. The molecule has 0 aliphatic heterocycles. The van der Waals surface area contributed by atoms with Crippen molar-refractivity contribution in [2.75, 3.05) is 39.1 Å². The molecule has 0 bridgehead atoms. The van der Waals surface area contributed by atoms with E-state index in [0.29, 0.717) is 28.8 Å². The number of nitrogens with two attached hydrogens (primary N) is 1. The van der Waals surface area contributed by atoms with Gasteiger partial charge in [-0.25, -0.2) is 0 Å². The summed E-state index contributed by atoms with van der Waals surface area (Å²) in [5.74, 6) is 1.12. The van der Waals surface area contributed by atoms with Crippen LogP contribution in [0.15, 0.2) is 12.1 Å². The van der Waals surface area contributed by atoms with Gasteiger partial charge >= 0.3 is 0 Å². The van der Waals surface area contributed by atoms with Crippen LogP contribution in [-0.4, -0.2) is 38.3 Å². The van der Waals surface area contributed by atoms with Crippen LogP contribution in [0.25, 0.3) is 0 Å². The van der Waals surface area contributed by atoms with Gasteiger partial charge in [0.1, 0.15) is 23.8 Å². The second-order valence-corrected chi connectivity index (χ2v) is 4.33. The normalized spacial score (nSPS) is 10.7. The predicted octanol–water partition coefficient (Wildman–Crippen LogP) is 2.65. The Labute approximate surface area is 114 Å².